The standard InChI is InChI=1S/C28H29F4N5O2/c1-19-36(21-16-24(28(30,31)32)25(17-33)34-18-21)26(38)27(10-2-11-27)37(19)20-4-6-22(7-5-20)39-23-8-14-35(15-9-23)13-3-12-29/h4-7,16,18,23H,1-3,8-15H2. The molecule has 3 heterocycles. The number of aromatic nitrogens is 1. The number of hydrogen-bond donors (Lipinski definition) is 0. The van der Waals surface area contributed by atoms with Crippen LogP contribution in [-0.2, 0) is 11.0 Å². The van der Waals surface area contributed by atoms with Crippen LogP contribution in [0.5, 0.6) is 5.75 Å². The lowest BCUT2D eigenvalue weighted by Gasteiger charge is -2.43. The highest BCUT2D eigenvalue weighted by atomic mass is 19.4. The molecule has 3 aliphatic rings. The Balaban J connectivity index is 1.35. The summed E-state index contributed by atoms with van der Waals surface area (Å²) in [7, 11) is 0. The van der Waals surface area contributed by atoms with Crippen LogP contribution in [0.25, 0.3) is 0 Å². The molecular weight excluding hydrogens is 514 g/mol. The number of hydrogen-bond acceptors (Lipinski definition) is 6. The molecule has 1 aromatic carbocycles. The van der Waals surface area contributed by atoms with Crippen LogP contribution in [0.2, 0.25) is 0 Å². The Morgan fingerprint density at radius 3 is 2.41 bits per heavy atom. The average Bonchev–Trinajstić information content (AvgIpc) is 3.14. The fourth-order valence-corrected chi connectivity index (χ4v) is 5.66. The number of carbonyl (C=O) groups is 1. The smallest absolute Gasteiger partial charge is 0.419 e. The van der Waals surface area contributed by atoms with Crippen molar-refractivity contribution in [2.45, 2.75) is 56.3 Å². The Labute approximate surface area is 224 Å². The summed E-state index contributed by atoms with van der Waals surface area (Å²) >= 11 is 0. The molecule has 2 saturated heterocycles. The van der Waals surface area contributed by atoms with Gasteiger partial charge >= 0.3 is 6.18 Å². The van der Waals surface area contributed by atoms with E-state index in [1.54, 1.807) is 4.90 Å². The van der Waals surface area contributed by atoms with Crippen LogP contribution in [0.4, 0.5) is 28.9 Å². The van der Waals surface area contributed by atoms with E-state index in [-0.39, 0.29) is 30.2 Å². The van der Waals surface area contributed by atoms with Crippen molar-refractivity contribution in [3.05, 3.63) is 60.2 Å². The molecule has 5 rings (SSSR count). The van der Waals surface area contributed by atoms with Crippen molar-refractivity contribution in [3.63, 3.8) is 0 Å². The first kappa shape index (κ1) is 26.9. The summed E-state index contributed by atoms with van der Waals surface area (Å²) in [5, 5.41) is 9.09. The van der Waals surface area contributed by atoms with E-state index in [1.807, 2.05) is 24.3 Å². The van der Waals surface area contributed by atoms with E-state index in [4.69, 9.17) is 10.00 Å². The summed E-state index contributed by atoms with van der Waals surface area (Å²) in [5.74, 6) is 0.551. The molecule has 206 valence electrons. The fourth-order valence-electron chi connectivity index (χ4n) is 5.66. The average molecular weight is 544 g/mol. The Hall–Kier alpha value is -3.65. The maximum Gasteiger partial charge on any atom is 0.419 e. The van der Waals surface area contributed by atoms with Gasteiger partial charge in [-0.1, -0.05) is 6.58 Å². The third-order valence-electron chi connectivity index (χ3n) is 7.81. The second kappa shape index (κ2) is 10.5. The molecule has 11 heteroatoms. The highest BCUT2D eigenvalue weighted by Crippen LogP contribution is 2.50. The predicted molar refractivity (Wildman–Crippen MR) is 137 cm³/mol. The van der Waals surface area contributed by atoms with Crippen molar-refractivity contribution in [1.29, 1.82) is 5.26 Å². The fraction of sp³-hybridized carbons (Fsp3) is 0.464. The number of benzene rings is 1. The van der Waals surface area contributed by atoms with Crippen LogP contribution < -0.4 is 14.5 Å². The summed E-state index contributed by atoms with van der Waals surface area (Å²) in [4.78, 5) is 22.5. The van der Waals surface area contributed by atoms with E-state index in [0.29, 0.717) is 30.7 Å². The molecule has 0 unspecified atom stereocenters. The van der Waals surface area contributed by atoms with Crippen molar-refractivity contribution < 1.29 is 27.1 Å². The summed E-state index contributed by atoms with van der Waals surface area (Å²) in [6.45, 7) is 6.24. The van der Waals surface area contributed by atoms with E-state index in [1.165, 1.54) is 11.0 Å². The van der Waals surface area contributed by atoms with Gasteiger partial charge < -0.3 is 14.5 Å². The van der Waals surface area contributed by atoms with Gasteiger partial charge in [0.25, 0.3) is 5.91 Å². The topological polar surface area (TPSA) is 72.7 Å². The van der Waals surface area contributed by atoms with Crippen molar-refractivity contribution in [3.8, 4) is 11.8 Å². The lowest BCUT2D eigenvalue weighted by Crippen LogP contribution is -2.54. The number of likely N-dealkylation sites (tertiary alicyclic amines) is 1. The first-order chi connectivity index (χ1) is 18.7. The van der Waals surface area contributed by atoms with Crippen LogP contribution in [0, 0.1) is 11.3 Å². The lowest BCUT2D eigenvalue weighted by atomic mass is 9.75. The second-order valence-electron chi connectivity index (χ2n) is 10.2. The minimum atomic E-state index is -4.80. The van der Waals surface area contributed by atoms with E-state index >= 15 is 0 Å². The zero-order chi connectivity index (χ0) is 27.8. The Bertz CT molecular complexity index is 1280. The Kier molecular flexibility index (Phi) is 7.25. The molecule has 3 fully saturated rings. The normalized spacial score (nSPS) is 19.9. The number of amides is 1. The van der Waals surface area contributed by atoms with Gasteiger partial charge in [-0.15, -0.1) is 0 Å². The zero-order valence-electron chi connectivity index (χ0n) is 21.4. The van der Waals surface area contributed by atoms with Crippen molar-refractivity contribution >= 4 is 17.3 Å². The number of nitrogens with zero attached hydrogens (tertiary/aromatic N) is 5. The highest BCUT2D eigenvalue weighted by molar-refractivity contribution is 6.10. The third-order valence-corrected chi connectivity index (χ3v) is 7.81. The lowest BCUT2D eigenvalue weighted by molar-refractivity contribution is -0.138. The first-order valence-corrected chi connectivity index (χ1v) is 13.0. The van der Waals surface area contributed by atoms with Crippen molar-refractivity contribution in [1.82, 2.24) is 9.88 Å². The maximum absolute atomic E-state index is 13.6. The molecule has 2 aromatic rings. The molecule has 0 radical (unpaired) electrons. The molecule has 39 heavy (non-hydrogen) atoms. The van der Waals surface area contributed by atoms with Gasteiger partial charge in [0.1, 0.15) is 29.3 Å². The van der Waals surface area contributed by atoms with E-state index < -0.39 is 23.0 Å². The minimum absolute atomic E-state index is 0.0565. The van der Waals surface area contributed by atoms with Crippen LogP contribution in [-0.4, -0.2) is 53.7 Å². The number of anilines is 2. The highest BCUT2D eigenvalue weighted by Gasteiger charge is 2.59. The Morgan fingerprint density at radius 1 is 1.15 bits per heavy atom. The number of carbonyl (C=O) groups excluding carboxylic acids is 1. The summed E-state index contributed by atoms with van der Waals surface area (Å²) < 4.78 is 59.4. The van der Waals surface area contributed by atoms with Gasteiger partial charge in [-0.25, -0.2) is 4.98 Å². The van der Waals surface area contributed by atoms with Gasteiger partial charge in [0.15, 0.2) is 5.69 Å². The second-order valence-corrected chi connectivity index (χ2v) is 10.2. The molecule has 1 aromatic heterocycles. The number of pyridine rings is 1. The molecule has 1 aliphatic carbocycles. The van der Waals surface area contributed by atoms with Crippen molar-refractivity contribution in [2.24, 2.45) is 0 Å². The number of nitriles is 1. The molecule has 1 saturated carbocycles. The molecule has 2 aliphatic heterocycles. The van der Waals surface area contributed by atoms with Gasteiger partial charge in [-0.05, 0) is 68.9 Å². The number of alkyl halides is 4. The number of halogens is 4. The van der Waals surface area contributed by atoms with Crippen LogP contribution >= 0.6 is 0 Å². The van der Waals surface area contributed by atoms with E-state index in [9.17, 15) is 22.4 Å². The minimum Gasteiger partial charge on any atom is -0.490 e. The number of rotatable bonds is 7. The van der Waals surface area contributed by atoms with Crippen LogP contribution in [0.15, 0.2) is 48.9 Å². The van der Waals surface area contributed by atoms with Crippen LogP contribution in [0.1, 0.15) is 49.8 Å². The molecular formula is C28H29F4N5O2. The summed E-state index contributed by atoms with van der Waals surface area (Å²) in [6.07, 6.45) is 0.479. The summed E-state index contributed by atoms with van der Waals surface area (Å²) in [6, 6.07) is 9.54. The largest absolute Gasteiger partial charge is 0.490 e. The van der Waals surface area contributed by atoms with Gasteiger partial charge in [-0.3, -0.25) is 14.1 Å². The van der Waals surface area contributed by atoms with Crippen LogP contribution in [0.3, 0.4) is 0 Å². The number of piperidine rings is 1. The van der Waals surface area contributed by atoms with Gasteiger partial charge in [-0.2, -0.15) is 18.4 Å². The Morgan fingerprint density at radius 2 is 1.85 bits per heavy atom. The van der Waals surface area contributed by atoms with Gasteiger partial charge in [0.2, 0.25) is 0 Å². The summed E-state index contributed by atoms with van der Waals surface area (Å²) in [5.41, 5.74) is -2.28. The quantitative estimate of drug-likeness (QED) is 0.434. The van der Waals surface area contributed by atoms with Gasteiger partial charge in [0.05, 0.1) is 24.1 Å². The first-order valence-electron chi connectivity index (χ1n) is 13.0. The van der Waals surface area contributed by atoms with E-state index in [0.717, 1.165) is 51.2 Å². The van der Waals surface area contributed by atoms with Gasteiger partial charge in [0, 0.05) is 25.3 Å². The maximum atomic E-state index is 13.6. The molecule has 1 amide bonds. The third kappa shape index (κ3) is 4.93. The molecule has 0 bridgehead atoms. The molecule has 1 spiro atoms. The molecule has 0 atom stereocenters. The predicted octanol–water partition coefficient (Wildman–Crippen LogP) is 5.42. The molecule has 0 N–H and O–H groups in total. The van der Waals surface area contributed by atoms with E-state index in [2.05, 4.69) is 16.5 Å². The van der Waals surface area contributed by atoms with Crippen molar-refractivity contribution in [2.75, 3.05) is 36.1 Å². The zero-order valence-corrected chi connectivity index (χ0v) is 21.4. The molecule has 7 nitrogen and oxygen atoms in total. The monoisotopic (exact) mass is 543 g/mol. The number of ether oxygens (including phenoxy) is 1. The SMILES string of the molecule is C=C1N(c2cnc(C#N)c(C(F)(F)F)c2)C(=O)C2(CCC2)N1c1ccc(OC2CCN(CCCF)CC2)cc1.